The molecule has 1 aromatic carbocycles. The van der Waals surface area contributed by atoms with Crippen molar-refractivity contribution >= 4 is 11.8 Å². The average Bonchev–Trinajstić information content (AvgIpc) is 2.79. The van der Waals surface area contributed by atoms with Gasteiger partial charge >= 0.3 is 5.97 Å². The second kappa shape index (κ2) is 6.20. The molecule has 2 aliphatic rings. The maximum Gasteiger partial charge on any atom is 0.322 e. The number of hydrogen-bond donors (Lipinski definition) is 0. The van der Waals surface area contributed by atoms with E-state index in [9.17, 15) is 9.59 Å². The van der Waals surface area contributed by atoms with E-state index in [4.69, 9.17) is 14.2 Å². The summed E-state index contributed by atoms with van der Waals surface area (Å²) in [5, 5.41) is 0. The Morgan fingerprint density at radius 3 is 2.38 bits per heavy atom. The summed E-state index contributed by atoms with van der Waals surface area (Å²) in [4.78, 5) is 25.7. The summed E-state index contributed by atoms with van der Waals surface area (Å²) >= 11 is 0. The molecule has 1 saturated heterocycles. The van der Waals surface area contributed by atoms with Crippen LogP contribution < -0.4 is 4.74 Å². The van der Waals surface area contributed by atoms with Crippen LogP contribution in [-0.2, 0) is 19.1 Å². The topological polar surface area (TPSA) is 61.8 Å². The van der Waals surface area contributed by atoms with Crippen LogP contribution in [0.4, 0.5) is 0 Å². The number of aryl methyl sites for hydroxylation is 2. The molecule has 5 nitrogen and oxygen atoms in total. The van der Waals surface area contributed by atoms with Crippen molar-refractivity contribution in [3.05, 3.63) is 28.8 Å². The average molecular weight is 332 g/mol. The van der Waals surface area contributed by atoms with E-state index in [1.165, 1.54) is 0 Å². The van der Waals surface area contributed by atoms with Crippen molar-refractivity contribution in [2.24, 2.45) is 0 Å². The number of ketones is 1. The van der Waals surface area contributed by atoms with Gasteiger partial charge in [-0.3, -0.25) is 9.59 Å². The quantitative estimate of drug-likeness (QED) is 0.629. The summed E-state index contributed by atoms with van der Waals surface area (Å²) in [6, 6.07) is 3.82. The molecule has 1 saturated carbocycles. The molecule has 24 heavy (non-hydrogen) atoms. The van der Waals surface area contributed by atoms with E-state index in [0.29, 0.717) is 24.2 Å². The van der Waals surface area contributed by atoms with Crippen molar-refractivity contribution in [1.29, 1.82) is 0 Å². The van der Waals surface area contributed by atoms with Gasteiger partial charge in [-0.25, -0.2) is 0 Å². The summed E-state index contributed by atoms with van der Waals surface area (Å²) < 4.78 is 16.5. The van der Waals surface area contributed by atoms with Crippen LogP contribution >= 0.6 is 0 Å². The smallest absolute Gasteiger partial charge is 0.322 e. The number of rotatable bonds is 3. The van der Waals surface area contributed by atoms with Gasteiger partial charge in [-0.05, 0) is 56.7 Å². The van der Waals surface area contributed by atoms with E-state index in [-0.39, 0.29) is 11.9 Å². The van der Waals surface area contributed by atoms with Crippen molar-refractivity contribution in [3.8, 4) is 5.75 Å². The molecule has 5 heteroatoms. The Bertz CT molecular complexity index is 671. The summed E-state index contributed by atoms with van der Waals surface area (Å²) in [6.07, 6.45) is 2.65. The molecule has 0 aromatic heterocycles. The van der Waals surface area contributed by atoms with E-state index in [2.05, 4.69) is 0 Å². The standard InChI is InChI=1S/C19H24O5/c1-11-9-12(2)15(14(10-11)23-4)16-17(20)19(24-18(16)21)7-5-13(22-3)6-8-19/h9-10,13,16H,5-8H2,1-4H3. The molecule has 1 heterocycles. The molecule has 0 N–H and O–H groups in total. The molecule has 0 bridgehead atoms. The zero-order valence-electron chi connectivity index (χ0n) is 14.7. The fraction of sp³-hybridized carbons (Fsp3) is 0.579. The number of carbonyl (C=O) groups is 2. The van der Waals surface area contributed by atoms with Crippen LogP contribution in [0.1, 0.15) is 48.3 Å². The molecule has 1 unspecified atom stereocenters. The molecule has 1 spiro atoms. The monoisotopic (exact) mass is 332 g/mol. The Hall–Kier alpha value is -1.88. The molecule has 2 fully saturated rings. The normalized spacial score (nSPS) is 29.8. The Labute approximate surface area is 142 Å². The van der Waals surface area contributed by atoms with Gasteiger partial charge in [0.25, 0.3) is 0 Å². The summed E-state index contributed by atoms with van der Waals surface area (Å²) in [7, 11) is 3.23. The maximum absolute atomic E-state index is 13.2. The summed E-state index contributed by atoms with van der Waals surface area (Å²) in [5.74, 6) is -0.904. The number of Topliss-reactive ketones (excluding diaryl/α,β-unsaturated/α-hetero) is 1. The lowest BCUT2D eigenvalue weighted by Crippen LogP contribution is -2.42. The third-order valence-corrected chi connectivity index (χ3v) is 5.32. The van der Waals surface area contributed by atoms with E-state index in [0.717, 1.165) is 24.0 Å². The van der Waals surface area contributed by atoms with Crippen LogP contribution in [0.15, 0.2) is 12.1 Å². The first-order valence-electron chi connectivity index (χ1n) is 8.37. The highest BCUT2D eigenvalue weighted by atomic mass is 16.6. The fourth-order valence-corrected chi connectivity index (χ4v) is 4.04. The molecule has 1 atom stereocenters. The fourth-order valence-electron chi connectivity index (χ4n) is 4.04. The lowest BCUT2D eigenvalue weighted by Gasteiger charge is -2.33. The van der Waals surface area contributed by atoms with E-state index < -0.39 is 17.5 Å². The van der Waals surface area contributed by atoms with Gasteiger partial charge in [-0.2, -0.15) is 0 Å². The number of ether oxygens (including phenoxy) is 3. The minimum Gasteiger partial charge on any atom is -0.496 e. The highest BCUT2D eigenvalue weighted by molar-refractivity contribution is 6.14. The minimum absolute atomic E-state index is 0.132. The first-order valence-corrected chi connectivity index (χ1v) is 8.37. The van der Waals surface area contributed by atoms with Gasteiger partial charge in [0.05, 0.1) is 13.2 Å². The molecule has 130 valence electrons. The first kappa shape index (κ1) is 17.0. The van der Waals surface area contributed by atoms with Crippen LogP contribution in [0.5, 0.6) is 5.75 Å². The number of hydrogen-bond acceptors (Lipinski definition) is 5. The maximum atomic E-state index is 13.2. The van der Waals surface area contributed by atoms with E-state index >= 15 is 0 Å². The number of carbonyl (C=O) groups excluding carboxylic acids is 2. The van der Waals surface area contributed by atoms with Crippen LogP contribution in [0.25, 0.3) is 0 Å². The van der Waals surface area contributed by atoms with Crippen LogP contribution in [-0.4, -0.2) is 37.7 Å². The van der Waals surface area contributed by atoms with Gasteiger partial charge in [-0.1, -0.05) is 6.07 Å². The van der Waals surface area contributed by atoms with Crippen LogP contribution in [0.2, 0.25) is 0 Å². The molecular formula is C19H24O5. The molecule has 0 radical (unpaired) electrons. The molecule has 0 amide bonds. The van der Waals surface area contributed by atoms with Crippen LogP contribution in [0, 0.1) is 13.8 Å². The van der Waals surface area contributed by atoms with E-state index in [1.54, 1.807) is 14.2 Å². The lowest BCUT2D eigenvalue weighted by atomic mass is 9.76. The predicted molar refractivity (Wildman–Crippen MR) is 88.3 cm³/mol. The third kappa shape index (κ3) is 2.61. The summed E-state index contributed by atoms with van der Waals surface area (Å²) in [6.45, 7) is 3.86. The van der Waals surface area contributed by atoms with E-state index in [1.807, 2.05) is 26.0 Å². The Balaban J connectivity index is 1.97. The van der Waals surface area contributed by atoms with Gasteiger partial charge in [0.2, 0.25) is 0 Å². The second-order valence-corrected chi connectivity index (χ2v) is 6.85. The largest absolute Gasteiger partial charge is 0.496 e. The molecule has 1 aromatic rings. The van der Waals surface area contributed by atoms with Gasteiger partial charge in [0.1, 0.15) is 11.7 Å². The number of esters is 1. The third-order valence-electron chi connectivity index (χ3n) is 5.32. The Morgan fingerprint density at radius 1 is 1.12 bits per heavy atom. The van der Waals surface area contributed by atoms with Gasteiger partial charge in [-0.15, -0.1) is 0 Å². The van der Waals surface area contributed by atoms with Crippen molar-refractivity contribution in [3.63, 3.8) is 0 Å². The predicted octanol–water partition coefficient (Wildman–Crippen LogP) is 2.85. The first-order chi connectivity index (χ1) is 11.4. The van der Waals surface area contributed by atoms with Crippen LogP contribution in [0.3, 0.4) is 0 Å². The summed E-state index contributed by atoms with van der Waals surface area (Å²) in [5.41, 5.74) is 1.56. The zero-order valence-corrected chi connectivity index (χ0v) is 14.7. The highest BCUT2D eigenvalue weighted by Crippen LogP contribution is 2.46. The van der Waals surface area contributed by atoms with Gasteiger partial charge in [0, 0.05) is 12.7 Å². The van der Waals surface area contributed by atoms with Crippen molar-refractivity contribution in [2.75, 3.05) is 14.2 Å². The molecule has 1 aliphatic heterocycles. The second-order valence-electron chi connectivity index (χ2n) is 6.85. The number of benzene rings is 1. The zero-order chi connectivity index (χ0) is 17.5. The SMILES string of the molecule is COc1cc(C)cc(C)c1C1C(=O)OC2(CCC(OC)CC2)C1=O. The number of methoxy groups -OCH3 is 2. The van der Waals surface area contributed by atoms with Crippen molar-refractivity contribution in [2.45, 2.75) is 57.2 Å². The molecular weight excluding hydrogens is 308 g/mol. The van der Waals surface area contributed by atoms with Gasteiger partial charge in [0.15, 0.2) is 11.4 Å². The molecule has 1 aliphatic carbocycles. The highest BCUT2D eigenvalue weighted by Gasteiger charge is 2.57. The molecule has 3 rings (SSSR count). The van der Waals surface area contributed by atoms with Crippen molar-refractivity contribution < 1.29 is 23.8 Å². The minimum atomic E-state index is -0.987. The Kier molecular flexibility index (Phi) is 4.38. The van der Waals surface area contributed by atoms with Crippen molar-refractivity contribution in [1.82, 2.24) is 0 Å². The Morgan fingerprint density at radius 2 is 1.79 bits per heavy atom. The van der Waals surface area contributed by atoms with Gasteiger partial charge < -0.3 is 14.2 Å². The lowest BCUT2D eigenvalue weighted by molar-refractivity contribution is -0.157.